The van der Waals surface area contributed by atoms with Gasteiger partial charge in [-0.25, -0.2) is 9.97 Å². The molecule has 1 amide bonds. The maximum Gasteiger partial charge on any atom is 0.219 e. The molecule has 134 valence electrons. The molecule has 2 N–H and O–H groups in total. The number of hydrogen-bond donors (Lipinski definition) is 1. The number of primary amides is 1. The summed E-state index contributed by atoms with van der Waals surface area (Å²) < 4.78 is 3.00. The topological polar surface area (TPSA) is 121 Å². The fourth-order valence-corrected chi connectivity index (χ4v) is 3.90. The van der Waals surface area contributed by atoms with Crippen LogP contribution in [0.5, 0.6) is 0 Å². The van der Waals surface area contributed by atoms with Crippen LogP contribution in [-0.4, -0.2) is 30.3 Å². The lowest BCUT2D eigenvalue weighted by atomic mass is 9.95. The summed E-state index contributed by atoms with van der Waals surface area (Å²) in [6.07, 6.45) is 11.3. The Bertz CT molecular complexity index is 955. The molecule has 9 nitrogen and oxygen atoms in total. The van der Waals surface area contributed by atoms with Crippen LogP contribution in [0, 0.1) is 10.8 Å². The van der Waals surface area contributed by atoms with Crippen LogP contribution in [-0.2, 0) is 4.79 Å². The highest BCUT2D eigenvalue weighted by Gasteiger charge is 2.28. The molecule has 0 aromatic carbocycles. The van der Waals surface area contributed by atoms with E-state index in [9.17, 15) is 9.70 Å². The van der Waals surface area contributed by atoms with Crippen molar-refractivity contribution < 1.29 is 4.79 Å². The number of aromatic nitrogens is 5. The van der Waals surface area contributed by atoms with Gasteiger partial charge in [-0.15, -0.1) is 4.91 Å². The van der Waals surface area contributed by atoms with Gasteiger partial charge >= 0.3 is 0 Å². The van der Waals surface area contributed by atoms with Gasteiger partial charge in [0.2, 0.25) is 5.91 Å². The summed E-state index contributed by atoms with van der Waals surface area (Å²) in [6, 6.07) is 1.71. The first-order valence-electron chi connectivity index (χ1n) is 8.66. The van der Waals surface area contributed by atoms with Gasteiger partial charge in [0.15, 0.2) is 5.65 Å². The van der Waals surface area contributed by atoms with Crippen LogP contribution < -0.4 is 5.73 Å². The maximum atomic E-state index is 11.5. The number of hydrogen-bond acceptors (Lipinski definition) is 6. The SMILES string of the molecule is NC(=O)CC(C1CCCC1)n1cc(-c2ncnc3c2ccn3N=O)cn1. The molecule has 3 aromatic rings. The quantitative estimate of drug-likeness (QED) is 0.682. The van der Waals surface area contributed by atoms with Crippen molar-refractivity contribution in [2.45, 2.75) is 38.1 Å². The zero-order chi connectivity index (χ0) is 18.1. The monoisotopic (exact) mass is 353 g/mol. The molecule has 9 heteroatoms. The van der Waals surface area contributed by atoms with Crippen molar-refractivity contribution in [1.29, 1.82) is 0 Å². The Kier molecular flexibility index (Phi) is 4.19. The summed E-state index contributed by atoms with van der Waals surface area (Å²) in [4.78, 5) is 30.9. The Labute approximate surface area is 149 Å². The second kappa shape index (κ2) is 6.66. The Hall–Kier alpha value is -3.10. The van der Waals surface area contributed by atoms with Gasteiger partial charge in [-0.05, 0) is 24.8 Å². The van der Waals surface area contributed by atoms with E-state index in [1.54, 1.807) is 18.5 Å². The molecule has 3 heterocycles. The number of carbonyl (C=O) groups is 1. The van der Waals surface area contributed by atoms with Crippen molar-refractivity contribution in [3.63, 3.8) is 0 Å². The number of carbonyl (C=O) groups excluding carboxylic acids is 1. The molecule has 4 rings (SSSR count). The largest absolute Gasteiger partial charge is 0.370 e. The zero-order valence-corrected chi connectivity index (χ0v) is 14.2. The lowest BCUT2D eigenvalue weighted by molar-refractivity contribution is -0.119. The summed E-state index contributed by atoms with van der Waals surface area (Å²) in [5, 5.41) is 8.12. The third kappa shape index (κ3) is 2.85. The van der Waals surface area contributed by atoms with E-state index in [4.69, 9.17) is 5.73 Å². The highest BCUT2D eigenvalue weighted by molar-refractivity contribution is 5.90. The first kappa shape index (κ1) is 16.4. The molecule has 1 saturated carbocycles. The smallest absolute Gasteiger partial charge is 0.219 e. The number of nitrogens with two attached hydrogens (primary N) is 1. The number of rotatable bonds is 6. The van der Waals surface area contributed by atoms with E-state index in [0.717, 1.165) is 23.8 Å². The van der Waals surface area contributed by atoms with Gasteiger partial charge in [-0.1, -0.05) is 12.8 Å². The van der Waals surface area contributed by atoms with Crippen LogP contribution in [0.15, 0.2) is 36.3 Å². The Morgan fingerprint density at radius 2 is 2.15 bits per heavy atom. The van der Waals surface area contributed by atoms with Gasteiger partial charge in [0, 0.05) is 29.8 Å². The van der Waals surface area contributed by atoms with Crippen LogP contribution in [0.1, 0.15) is 38.1 Å². The van der Waals surface area contributed by atoms with Crippen molar-refractivity contribution in [3.05, 3.63) is 35.9 Å². The molecule has 1 aliphatic rings. The Balaban J connectivity index is 1.72. The average Bonchev–Trinajstić information content (AvgIpc) is 3.39. The summed E-state index contributed by atoms with van der Waals surface area (Å²) in [5.41, 5.74) is 7.39. The van der Waals surface area contributed by atoms with E-state index in [2.05, 4.69) is 20.4 Å². The number of fused-ring (bicyclic) bond motifs is 1. The molecule has 0 saturated heterocycles. The number of amides is 1. The lowest BCUT2D eigenvalue weighted by Crippen LogP contribution is -2.24. The van der Waals surface area contributed by atoms with Gasteiger partial charge in [-0.2, -0.15) is 9.77 Å². The first-order valence-corrected chi connectivity index (χ1v) is 8.66. The van der Waals surface area contributed by atoms with Gasteiger partial charge in [0.05, 0.1) is 23.2 Å². The third-order valence-electron chi connectivity index (χ3n) is 5.12. The van der Waals surface area contributed by atoms with Gasteiger partial charge in [0.25, 0.3) is 0 Å². The molecule has 0 spiro atoms. The molecule has 26 heavy (non-hydrogen) atoms. The van der Waals surface area contributed by atoms with Gasteiger partial charge < -0.3 is 5.73 Å². The summed E-state index contributed by atoms with van der Waals surface area (Å²) in [5.74, 6) is 0.0820. The average molecular weight is 353 g/mol. The van der Waals surface area contributed by atoms with Crippen LogP contribution in [0.4, 0.5) is 0 Å². The lowest BCUT2D eigenvalue weighted by Gasteiger charge is -2.22. The summed E-state index contributed by atoms with van der Waals surface area (Å²) in [6.45, 7) is 0. The molecular formula is C17H19N7O2. The minimum absolute atomic E-state index is 0.0395. The summed E-state index contributed by atoms with van der Waals surface area (Å²) >= 11 is 0. The molecule has 0 radical (unpaired) electrons. The summed E-state index contributed by atoms with van der Waals surface area (Å²) in [7, 11) is 0. The Morgan fingerprint density at radius 3 is 2.88 bits per heavy atom. The van der Waals surface area contributed by atoms with E-state index in [-0.39, 0.29) is 18.4 Å². The molecule has 1 aliphatic carbocycles. The fourth-order valence-electron chi connectivity index (χ4n) is 3.90. The molecule has 1 atom stereocenters. The number of nitrogens with zero attached hydrogens (tertiary/aromatic N) is 6. The Morgan fingerprint density at radius 1 is 1.35 bits per heavy atom. The molecule has 3 aromatic heterocycles. The molecular weight excluding hydrogens is 334 g/mol. The van der Waals surface area contributed by atoms with Crippen LogP contribution in [0.25, 0.3) is 22.3 Å². The third-order valence-corrected chi connectivity index (χ3v) is 5.12. The predicted molar refractivity (Wildman–Crippen MR) is 94.7 cm³/mol. The van der Waals surface area contributed by atoms with Crippen molar-refractivity contribution in [2.75, 3.05) is 0 Å². The van der Waals surface area contributed by atoms with Crippen LogP contribution in [0.2, 0.25) is 0 Å². The molecule has 1 unspecified atom stereocenters. The van der Waals surface area contributed by atoms with Crippen LogP contribution >= 0.6 is 0 Å². The fraction of sp³-hybridized carbons (Fsp3) is 0.412. The van der Waals surface area contributed by atoms with E-state index in [0.29, 0.717) is 17.3 Å². The highest BCUT2D eigenvalue weighted by atomic mass is 16.3. The molecule has 1 fully saturated rings. The number of nitroso groups, excluding NO2 is 1. The van der Waals surface area contributed by atoms with E-state index in [1.165, 1.54) is 23.8 Å². The van der Waals surface area contributed by atoms with Crippen molar-refractivity contribution >= 4 is 16.9 Å². The van der Waals surface area contributed by atoms with Crippen molar-refractivity contribution in [1.82, 2.24) is 24.4 Å². The molecule has 0 aliphatic heterocycles. The van der Waals surface area contributed by atoms with E-state index in [1.807, 2.05) is 10.9 Å². The van der Waals surface area contributed by atoms with Crippen molar-refractivity contribution in [2.24, 2.45) is 16.9 Å². The molecule has 0 bridgehead atoms. The van der Waals surface area contributed by atoms with Gasteiger partial charge in [0.1, 0.15) is 6.33 Å². The normalized spacial score (nSPS) is 16.2. The second-order valence-electron chi connectivity index (χ2n) is 6.69. The maximum absolute atomic E-state index is 11.5. The second-order valence-corrected chi connectivity index (χ2v) is 6.69. The standard InChI is InChI=1S/C17H19N7O2/c18-15(25)7-14(11-3-1-2-4-11)24-9-12(8-21-24)16-13-5-6-23(22-26)17(13)20-10-19-16/h5-6,8-11,14H,1-4,7H2,(H2,18,25). The minimum atomic E-state index is -0.322. The first-order chi connectivity index (χ1) is 12.7. The van der Waals surface area contributed by atoms with Gasteiger partial charge in [-0.3, -0.25) is 9.48 Å². The minimum Gasteiger partial charge on any atom is -0.370 e. The highest BCUT2D eigenvalue weighted by Crippen LogP contribution is 2.36. The zero-order valence-electron chi connectivity index (χ0n) is 14.2. The van der Waals surface area contributed by atoms with Crippen molar-refractivity contribution in [3.8, 4) is 11.3 Å². The predicted octanol–water partition coefficient (Wildman–Crippen LogP) is 2.43. The van der Waals surface area contributed by atoms with E-state index < -0.39 is 0 Å². The van der Waals surface area contributed by atoms with Crippen LogP contribution in [0.3, 0.4) is 0 Å². The van der Waals surface area contributed by atoms with E-state index >= 15 is 0 Å².